The first-order valence-electron chi connectivity index (χ1n) is 4.60. The standard InChI is InChI=1S/C11H8FNO3/c12-8-3-1-6-2-4-9(14)13-11(6)7(8)5-10(15)16/h1-4H,5H2,(H,13,14)(H,15,16). The Hall–Kier alpha value is -2.17. The number of aliphatic carboxylic acids is 1. The minimum Gasteiger partial charge on any atom is -0.481 e. The smallest absolute Gasteiger partial charge is 0.308 e. The van der Waals surface area contributed by atoms with E-state index in [2.05, 4.69) is 4.98 Å². The van der Waals surface area contributed by atoms with E-state index < -0.39 is 18.2 Å². The number of aromatic amines is 1. The maximum atomic E-state index is 13.4. The lowest BCUT2D eigenvalue weighted by Gasteiger charge is -2.05. The van der Waals surface area contributed by atoms with Gasteiger partial charge in [-0.15, -0.1) is 0 Å². The molecule has 5 heteroatoms. The second kappa shape index (κ2) is 3.77. The van der Waals surface area contributed by atoms with Crippen molar-refractivity contribution >= 4 is 16.9 Å². The third-order valence-electron chi connectivity index (χ3n) is 2.28. The van der Waals surface area contributed by atoms with E-state index in [-0.39, 0.29) is 16.6 Å². The van der Waals surface area contributed by atoms with Gasteiger partial charge in [0.25, 0.3) is 0 Å². The van der Waals surface area contributed by atoms with E-state index >= 15 is 0 Å². The summed E-state index contributed by atoms with van der Waals surface area (Å²) in [6.45, 7) is 0. The van der Waals surface area contributed by atoms with Crippen LogP contribution < -0.4 is 5.56 Å². The summed E-state index contributed by atoms with van der Waals surface area (Å²) in [5, 5.41) is 9.27. The molecule has 2 rings (SSSR count). The van der Waals surface area contributed by atoms with Crippen LogP contribution in [0.2, 0.25) is 0 Å². The van der Waals surface area contributed by atoms with Crippen molar-refractivity contribution in [1.82, 2.24) is 4.98 Å². The summed E-state index contributed by atoms with van der Waals surface area (Å²) in [6, 6.07) is 5.52. The Morgan fingerprint density at radius 2 is 2.00 bits per heavy atom. The normalized spacial score (nSPS) is 10.6. The molecule has 1 aromatic carbocycles. The number of pyridine rings is 1. The number of H-pyrrole nitrogens is 1. The van der Waals surface area contributed by atoms with Gasteiger partial charge < -0.3 is 10.1 Å². The first kappa shape index (κ1) is 10.4. The van der Waals surface area contributed by atoms with Crippen LogP contribution in [0, 0.1) is 5.82 Å². The summed E-state index contributed by atoms with van der Waals surface area (Å²) >= 11 is 0. The largest absolute Gasteiger partial charge is 0.481 e. The van der Waals surface area contributed by atoms with Gasteiger partial charge in [0.15, 0.2) is 0 Å². The van der Waals surface area contributed by atoms with Crippen molar-refractivity contribution in [2.75, 3.05) is 0 Å². The van der Waals surface area contributed by atoms with Crippen LogP contribution in [-0.4, -0.2) is 16.1 Å². The van der Waals surface area contributed by atoms with Crippen LogP contribution in [-0.2, 0) is 11.2 Å². The number of nitrogens with one attached hydrogen (secondary N) is 1. The van der Waals surface area contributed by atoms with Gasteiger partial charge in [0.1, 0.15) is 5.82 Å². The number of carbonyl (C=O) groups is 1. The number of carboxylic acid groups (broad SMARTS) is 1. The third kappa shape index (κ3) is 1.79. The van der Waals surface area contributed by atoms with Gasteiger partial charge in [0.2, 0.25) is 5.56 Å². The fourth-order valence-electron chi connectivity index (χ4n) is 1.58. The van der Waals surface area contributed by atoms with E-state index in [1.807, 2.05) is 0 Å². The summed E-state index contributed by atoms with van der Waals surface area (Å²) in [6.07, 6.45) is -0.455. The zero-order valence-electron chi connectivity index (χ0n) is 8.16. The van der Waals surface area contributed by atoms with Gasteiger partial charge in [-0.05, 0) is 23.6 Å². The quantitative estimate of drug-likeness (QED) is 0.802. The molecular formula is C11H8FNO3. The van der Waals surface area contributed by atoms with Crippen LogP contribution in [0.1, 0.15) is 5.56 Å². The molecule has 4 nitrogen and oxygen atoms in total. The molecule has 0 fully saturated rings. The average molecular weight is 221 g/mol. The van der Waals surface area contributed by atoms with Gasteiger partial charge in [0, 0.05) is 11.6 Å². The highest BCUT2D eigenvalue weighted by molar-refractivity contribution is 5.85. The van der Waals surface area contributed by atoms with Crippen LogP contribution in [0.3, 0.4) is 0 Å². The van der Waals surface area contributed by atoms with Crippen molar-refractivity contribution in [3.63, 3.8) is 0 Å². The lowest BCUT2D eigenvalue weighted by atomic mass is 10.1. The molecule has 0 bridgehead atoms. The lowest BCUT2D eigenvalue weighted by molar-refractivity contribution is -0.136. The number of rotatable bonds is 2. The lowest BCUT2D eigenvalue weighted by Crippen LogP contribution is -2.08. The Bertz CT molecular complexity index is 618. The second-order valence-corrected chi connectivity index (χ2v) is 3.38. The van der Waals surface area contributed by atoms with Crippen molar-refractivity contribution in [2.24, 2.45) is 0 Å². The van der Waals surface area contributed by atoms with Crippen molar-refractivity contribution < 1.29 is 14.3 Å². The van der Waals surface area contributed by atoms with E-state index in [9.17, 15) is 14.0 Å². The molecule has 0 saturated carbocycles. The number of halogens is 1. The summed E-state index contributed by atoms with van der Waals surface area (Å²) < 4.78 is 13.4. The molecule has 0 aliphatic carbocycles. The highest BCUT2D eigenvalue weighted by Crippen LogP contribution is 2.18. The molecule has 0 radical (unpaired) electrons. The number of hydrogen-bond acceptors (Lipinski definition) is 2. The predicted molar refractivity (Wildman–Crippen MR) is 55.9 cm³/mol. The van der Waals surface area contributed by atoms with Gasteiger partial charge >= 0.3 is 5.97 Å². The van der Waals surface area contributed by atoms with E-state index in [0.29, 0.717) is 5.39 Å². The van der Waals surface area contributed by atoms with Crippen molar-refractivity contribution in [3.05, 3.63) is 46.0 Å². The molecule has 1 heterocycles. The van der Waals surface area contributed by atoms with Gasteiger partial charge in [-0.1, -0.05) is 0 Å². The molecule has 2 aromatic rings. The highest BCUT2D eigenvalue weighted by atomic mass is 19.1. The summed E-state index contributed by atoms with van der Waals surface area (Å²) in [5.41, 5.74) is -0.137. The molecule has 16 heavy (non-hydrogen) atoms. The highest BCUT2D eigenvalue weighted by Gasteiger charge is 2.11. The monoisotopic (exact) mass is 221 g/mol. The summed E-state index contributed by atoms with van der Waals surface area (Å²) in [5.74, 6) is -1.77. The number of hydrogen-bond donors (Lipinski definition) is 2. The van der Waals surface area contributed by atoms with Crippen LogP contribution in [0.4, 0.5) is 4.39 Å². The molecule has 0 saturated heterocycles. The fourth-order valence-corrected chi connectivity index (χ4v) is 1.58. The second-order valence-electron chi connectivity index (χ2n) is 3.38. The van der Waals surface area contributed by atoms with Gasteiger partial charge in [0.05, 0.1) is 11.9 Å². The zero-order chi connectivity index (χ0) is 11.7. The minimum atomic E-state index is -1.14. The predicted octanol–water partition coefficient (Wildman–Crippen LogP) is 1.29. The average Bonchev–Trinajstić information content (AvgIpc) is 2.22. The number of carboxylic acids is 1. The van der Waals surface area contributed by atoms with E-state index in [4.69, 9.17) is 5.11 Å². The third-order valence-corrected chi connectivity index (χ3v) is 2.28. The van der Waals surface area contributed by atoms with Crippen LogP contribution >= 0.6 is 0 Å². The summed E-state index contributed by atoms with van der Waals surface area (Å²) in [4.78, 5) is 24.1. The van der Waals surface area contributed by atoms with Crippen LogP contribution in [0.5, 0.6) is 0 Å². The molecule has 0 aliphatic rings. The molecular weight excluding hydrogens is 213 g/mol. The van der Waals surface area contributed by atoms with E-state index in [0.717, 1.165) is 0 Å². The maximum Gasteiger partial charge on any atom is 0.308 e. The number of fused-ring (bicyclic) bond motifs is 1. The topological polar surface area (TPSA) is 70.2 Å². The molecule has 2 N–H and O–H groups in total. The zero-order valence-corrected chi connectivity index (χ0v) is 8.16. The molecule has 82 valence electrons. The molecule has 0 amide bonds. The molecule has 0 atom stereocenters. The first-order valence-corrected chi connectivity index (χ1v) is 4.60. The van der Waals surface area contributed by atoms with Gasteiger partial charge in [-0.2, -0.15) is 0 Å². The first-order chi connectivity index (χ1) is 7.58. The Kier molecular flexibility index (Phi) is 2.44. The SMILES string of the molecule is O=C(O)Cc1c(F)ccc2ccc(=O)[nH]c12. The van der Waals surface area contributed by atoms with Crippen molar-refractivity contribution in [1.29, 1.82) is 0 Å². The van der Waals surface area contributed by atoms with E-state index in [1.165, 1.54) is 24.3 Å². The van der Waals surface area contributed by atoms with Crippen LogP contribution in [0.15, 0.2) is 29.1 Å². The Morgan fingerprint density at radius 1 is 1.31 bits per heavy atom. The van der Waals surface area contributed by atoms with Crippen molar-refractivity contribution in [2.45, 2.75) is 6.42 Å². The number of benzene rings is 1. The maximum absolute atomic E-state index is 13.4. The van der Waals surface area contributed by atoms with Gasteiger partial charge in [-0.25, -0.2) is 4.39 Å². The minimum absolute atomic E-state index is 0.00250. The molecule has 1 aromatic heterocycles. The fraction of sp³-hybridized carbons (Fsp3) is 0.0909. The molecule has 0 aliphatic heterocycles. The summed E-state index contributed by atoms with van der Waals surface area (Å²) in [7, 11) is 0. The van der Waals surface area contributed by atoms with Crippen molar-refractivity contribution in [3.8, 4) is 0 Å². The van der Waals surface area contributed by atoms with E-state index in [1.54, 1.807) is 0 Å². The Morgan fingerprint density at radius 3 is 2.69 bits per heavy atom. The van der Waals surface area contributed by atoms with Gasteiger partial charge in [-0.3, -0.25) is 9.59 Å². The Labute approximate surface area is 89.3 Å². The molecule has 0 unspecified atom stereocenters. The van der Waals surface area contributed by atoms with Crippen LogP contribution in [0.25, 0.3) is 10.9 Å². The molecule has 0 spiro atoms. The Balaban J connectivity index is 2.77. The number of aromatic nitrogens is 1.